The fourth-order valence-corrected chi connectivity index (χ4v) is 3.51. The molecule has 2 rings (SSSR count). The molecular formula is C16H31NO2. The van der Waals surface area contributed by atoms with Crippen molar-refractivity contribution in [2.75, 3.05) is 26.8 Å². The van der Waals surface area contributed by atoms with Crippen LogP contribution in [0.25, 0.3) is 0 Å². The molecule has 1 aliphatic carbocycles. The maximum atomic E-state index is 6.36. The van der Waals surface area contributed by atoms with E-state index in [0.29, 0.717) is 6.10 Å². The van der Waals surface area contributed by atoms with E-state index in [-0.39, 0.29) is 5.60 Å². The third-order valence-electron chi connectivity index (χ3n) is 4.94. The van der Waals surface area contributed by atoms with Gasteiger partial charge >= 0.3 is 0 Å². The molecule has 1 N–H and O–H groups in total. The highest BCUT2D eigenvalue weighted by Gasteiger charge is 2.36. The monoisotopic (exact) mass is 269 g/mol. The summed E-state index contributed by atoms with van der Waals surface area (Å²) in [6, 6.07) is 0. The van der Waals surface area contributed by atoms with E-state index in [1.54, 1.807) is 0 Å². The first-order valence-corrected chi connectivity index (χ1v) is 8.18. The lowest BCUT2D eigenvalue weighted by Gasteiger charge is -2.41. The summed E-state index contributed by atoms with van der Waals surface area (Å²) >= 11 is 0. The van der Waals surface area contributed by atoms with Gasteiger partial charge in [-0.15, -0.1) is 0 Å². The van der Waals surface area contributed by atoms with Crippen molar-refractivity contribution in [2.45, 2.75) is 70.0 Å². The fraction of sp³-hybridized carbons (Fsp3) is 1.00. The predicted octanol–water partition coefficient (Wildman–Crippen LogP) is 3.13. The van der Waals surface area contributed by atoms with Gasteiger partial charge in [-0.1, -0.05) is 13.3 Å². The molecule has 0 aromatic rings. The van der Waals surface area contributed by atoms with Crippen molar-refractivity contribution in [1.29, 1.82) is 0 Å². The van der Waals surface area contributed by atoms with Gasteiger partial charge in [-0.3, -0.25) is 0 Å². The second-order valence-electron chi connectivity index (χ2n) is 6.36. The maximum Gasteiger partial charge on any atom is 0.0808 e. The number of rotatable bonds is 6. The van der Waals surface area contributed by atoms with E-state index in [4.69, 9.17) is 9.47 Å². The van der Waals surface area contributed by atoms with Crippen LogP contribution in [0.5, 0.6) is 0 Å². The smallest absolute Gasteiger partial charge is 0.0808 e. The molecule has 0 aromatic heterocycles. The molecule has 1 atom stereocenters. The number of hydrogen-bond acceptors (Lipinski definition) is 3. The zero-order valence-corrected chi connectivity index (χ0v) is 12.7. The quantitative estimate of drug-likeness (QED) is 0.803. The summed E-state index contributed by atoms with van der Waals surface area (Å²) < 4.78 is 12.1. The van der Waals surface area contributed by atoms with E-state index in [1.165, 1.54) is 51.4 Å². The lowest BCUT2D eigenvalue weighted by Crippen LogP contribution is -2.46. The molecule has 1 unspecified atom stereocenters. The van der Waals surface area contributed by atoms with Crippen LogP contribution in [0, 0.1) is 5.92 Å². The van der Waals surface area contributed by atoms with Crippen molar-refractivity contribution in [3.63, 3.8) is 0 Å². The zero-order chi connectivity index (χ0) is 13.6. The molecule has 1 saturated heterocycles. The topological polar surface area (TPSA) is 30.5 Å². The summed E-state index contributed by atoms with van der Waals surface area (Å²) in [5.41, 5.74) is 0.0707. The van der Waals surface area contributed by atoms with E-state index in [1.807, 2.05) is 7.05 Å². The van der Waals surface area contributed by atoms with Crippen molar-refractivity contribution in [3.8, 4) is 0 Å². The summed E-state index contributed by atoms with van der Waals surface area (Å²) in [4.78, 5) is 0. The molecule has 2 aliphatic rings. The molecule has 0 radical (unpaired) electrons. The first kappa shape index (κ1) is 15.3. The van der Waals surface area contributed by atoms with Gasteiger partial charge in [-0.25, -0.2) is 0 Å². The summed E-state index contributed by atoms with van der Waals surface area (Å²) in [7, 11) is 2.04. The highest BCUT2D eigenvalue weighted by Crippen LogP contribution is 2.36. The van der Waals surface area contributed by atoms with Crippen molar-refractivity contribution < 1.29 is 9.47 Å². The minimum absolute atomic E-state index is 0.0707. The van der Waals surface area contributed by atoms with Gasteiger partial charge < -0.3 is 14.8 Å². The van der Waals surface area contributed by atoms with E-state index in [2.05, 4.69) is 12.2 Å². The predicted molar refractivity (Wildman–Crippen MR) is 78.4 cm³/mol. The second kappa shape index (κ2) is 7.61. The van der Waals surface area contributed by atoms with Crippen molar-refractivity contribution in [3.05, 3.63) is 0 Å². The largest absolute Gasteiger partial charge is 0.376 e. The first-order valence-electron chi connectivity index (χ1n) is 8.18. The van der Waals surface area contributed by atoms with Crippen LogP contribution in [-0.4, -0.2) is 38.5 Å². The van der Waals surface area contributed by atoms with Gasteiger partial charge in [0.25, 0.3) is 0 Å². The molecule has 3 heteroatoms. The molecule has 19 heavy (non-hydrogen) atoms. The van der Waals surface area contributed by atoms with Crippen LogP contribution in [0.1, 0.15) is 58.3 Å². The Labute approximate surface area is 118 Å². The van der Waals surface area contributed by atoms with E-state index in [9.17, 15) is 0 Å². The number of ether oxygens (including phenoxy) is 2. The third kappa shape index (κ3) is 4.44. The Morgan fingerprint density at radius 3 is 2.58 bits per heavy atom. The van der Waals surface area contributed by atoms with Gasteiger partial charge in [-0.05, 0) is 57.9 Å². The molecule has 1 saturated carbocycles. The SMILES string of the molecule is CCC1CCC(CNC)(OCC2CCCCO2)CC1. The number of hydrogen-bond donors (Lipinski definition) is 1. The van der Waals surface area contributed by atoms with Crippen molar-refractivity contribution in [2.24, 2.45) is 5.92 Å². The van der Waals surface area contributed by atoms with Crippen LogP contribution in [-0.2, 0) is 9.47 Å². The summed E-state index contributed by atoms with van der Waals surface area (Å²) in [6.07, 6.45) is 10.4. The highest BCUT2D eigenvalue weighted by atomic mass is 16.5. The van der Waals surface area contributed by atoms with Gasteiger partial charge in [0.1, 0.15) is 0 Å². The molecule has 0 spiro atoms. The molecule has 1 aliphatic heterocycles. The Bertz CT molecular complexity index is 243. The molecule has 2 fully saturated rings. The Balaban J connectivity index is 1.81. The minimum Gasteiger partial charge on any atom is -0.376 e. The van der Waals surface area contributed by atoms with Gasteiger partial charge in [-0.2, -0.15) is 0 Å². The normalized spacial score (nSPS) is 36.3. The first-order chi connectivity index (χ1) is 9.28. The van der Waals surface area contributed by atoms with Crippen LogP contribution in [0.4, 0.5) is 0 Å². The molecule has 1 heterocycles. The Morgan fingerprint density at radius 1 is 1.21 bits per heavy atom. The van der Waals surface area contributed by atoms with E-state index in [0.717, 1.165) is 25.7 Å². The molecule has 112 valence electrons. The lowest BCUT2D eigenvalue weighted by atomic mass is 9.77. The van der Waals surface area contributed by atoms with Gasteiger partial charge in [0.05, 0.1) is 18.3 Å². The fourth-order valence-electron chi connectivity index (χ4n) is 3.51. The van der Waals surface area contributed by atoms with Gasteiger partial charge in [0.15, 0.2) is 0 Å². The Kier molecular flexibility index (Phi) is 6.11. The van der Waals surface area contributed by atoms with E-state index < -0.39 is 0 Å². The third-order valence-corrected chi connectivity index (χ3v) is 4.94. The molecule has 3 nitrogen and oxygen atoms in total. The molecule has 0 bridgehead atoms. The van der Waals surface area contributed by atoms with Gasteiger partial charge in [0.2, 0.25) is 0 Å². The van der Waals surface area contributed by atoms with Crippen LogP contribution >= 0.6 is 0 Å². The molecular weight excluding hydrogens is 238 g/mol. The summed E-state index contributed by atoms with van der Waals surface area (Å²) in [6.45, 7) is 5.01. The maximum absolute atomic E-state index is 6.36. The number of likely N-dealkylation sites (N-methyl/N-ethyl adjacent to an activating group) is 1. The minimum atomic E-state index is 0.0707. The van der Waals surface area contributed by atoms with Crippen LogP contribution < -0.4 is 5.32 Å². The molecule has 0 aromatic carbocycles. The Hall–Kier alpha value is -0.120. The average molecular weight is 269 g/mol. The van der Waals surface area contributed by atoms with E-state index >= 15 is 0 Å². The van der Waals surface area contributed by atoms with Crippen molar-refractivity contribution in [1.82, 2.24) is 5.32 Å². The standard InChI is InChI=1S/C16H31NO2/c1-3-14-7-9-16(10-8-14,13-17-2)19-12-15-6-4-5-11-18-15/h14-15,17H,3-13H2,1-2H3. The summed E-state index contributed by atoms with van der Waals surface area (Å²) in [5, 5.41) is 3.33. The Morgan fingerprint density at radius 2 is 2.00 bits per heavy atom. The summed E-state index contributed by atoms with van der Waals surface area (Å²) in [5.74, 6) is 0.916. The number of nitrogens with one attached hydrogen (secondary N) is 1. The molecule has 0 amide bonds. The average Bonchev–Trinajstić information content (AvgIpc) is 2.48. The second-order valence-corrected chi connectivity index (χ2v) is 6.36. The highest BCUT2D eigenvalue weighted by molar-refractivity contribution is 4.89. The van der Waals surface area contributed by atoms with Crippen LogP contribution in [0.2, 0.25) is 0 Å². The van der Waals surface area contributed by atoms with Crippen LogP contribution in [0.15, 0.2) is 0 Å². The van der Waals surface area contributed by atoms with Gasteiger partial charge in [0, 0.05) is 13.2 Å². The zero-order valence-electron chi connectivity index (χ0n) is 12.7. The van der Waals surface area contributed by atoms with Crippen LogP contribution in [0.3, 0.4) is 0 Å². The van der Waals surface area contributed by atoms with Crippen molar-refractivity contribution >= 4 is 0 Å². The lowest BCUT2D eigenvalue weighted by molar-refractivity contribution is -0.123.